The Hall–Kier alpha value is -2.11. The third-order valence-electron chi connectivity index (χ3n) is 4.51. The molecule has 0 atom stereocenters. The van der Waals surface area contributed by atoms with Gasteiger partial charge in [0.2, 0.25) is 0 Å². The second kappa shape index (κ2) is 6.80. The van der Waals surface area contributed by atoms with Crippen molar-refractivity contribution in [2.24, 2.45) is 12.8 Å². The Bertz CT molecular complexity index is 1110. The summed E-state index contributed by atoms with van der Waals surface area (Å²) in [6, 6.07) is 1.49. The molecule has 3 aromatic heterocycles. The average molecular weight is 452 g/mol. The van der Waals surface area contributed by atoms with Crippen LogP contribution in [0.5, 0.6) is 0 Å². The lowest BCUT2D eigenvalue weighted by Gasteiger charge is -2.38. The fraction of sp³-hybridized carbons (Fsp3) is 0.375. The lowest BCUT2D eigenvalue weighted by atomic mass is 10.1. The lowest BCUT2D eigenvalue weighted by Crippen LogP contribution is -2.56. The van der Waals surface area contributed by atoms with Crippen LogP contribution in [0.1, 0.15) is 12.6 Å². The number of hydrogen-bond acceptors (Lipinski definition) is 7. The molecule has 0 saturated carbocycles. The number of anilines is 1. The molecule has 9 nitrogen and oxygen atoms in total. The lowest BCUT2D eigenvalue weighted by molar-refractivity contribution is 0.514. The van der Waals surface area contributed by atoms with Gasteiger partial charge in [0, 0.05) is 37.9 Å². The first kappa shape index (κ1) is 18.3. The summed E-state index contributed by atoms with van der Waals surface area (Å²) in [4.78, 5) is 41.1. The molecule has 142 valence electrons. The number of halogens is 1. The third-order valence-corrected chi connectivity index (χ3v) is 6.19. The fourth-order valence-corrected chi connectivity index (χ4v) is 4.47. The van der Waals surface area contributed by atoms with Crippen molar-refractivity contribution in [3.63, 3.8) is 0 Å². The second-order valence-electron chi connectivity index (χ2n) is 6.43. The van der Waals surface area contributed by atoms with Crippen molar-refractivity contribution in [3.8, 4) is 0 Å². The van der Waals surface area contributed by atoms with Crippen molar-refractivity contribution in [3.05, 3.63) is 37.1 Å². The van der Waals surface area contributed by atoms with Gasteiger partial charge in [0.1, 0.15) is 11.5 Å². The van der Waals surface area contributed by atoms with E-state index in [-0.39, 0.29) is 11.6 Å². The van der Waals surface area contributed by atoms with E-state index in [1.54, 1.807) is 0 Å². The van der Waals surface area contributed by atoms with Crippen molar-refractivity contribution >= 4 is 44.5 Å². The first-order chi connectivity index (χ1) is 12.9. The van der Waals surface area contributed by atoms with E-state index in [2.05, 4.69) is 47.7 Å². The van der Waals surface area contributed by atoms with Gasteiger partial charge in [0.25, 0.3) is 5.56 Å². The monoisotopic (exact) mass is 451 g/mol. The first-order valence-electron chi connectivity index (χ1n) is 8.44. The number of aryl methyl sites for hydroxylation is 1. The van der Waals surface area contributed by atoms with Gasteiger partial charge in [-0.2, -0.15) is 0 Å². The molecule has 4 N–H and O–H groups in total. The minimum absolute atomic E-state index is 0.128. The third kappa shape index (κ3) is 3.19. The predicted octanol–water partition coefficient (Wildman–Crippen LogP) is 0.968. The molecule has 1 fully saturated rings. The van der Waals surface area contributed by atoms with Gasteiger partial charge < -0.3 is 20.6 Å². The summed E-state index contributed by atoms with van der Waals surface area (Å²) >= 11 is 4.80. The number of aromatic nitrogens is 5. The first-order valence-corrected chi connectivity index (χ1v) is 10.0. The standard InChI is InChI=1S/C16H18BrN7O2S/c1-3-8-12(17)11-13(19-8)21-15(22-14(11)24-5-7(18)6-24)27-9-4-10(25)23(2)16(26)20-9/h4,7H,3,5-6,18H2,1-2H3,(H,20,26)(H,19,21,22). The molecule has 1 aliphatic heterocycles. The van der Waals surface area contributed by atoms with Crippen molar-refractivity contribution in [1.29, 1.82) is 0 Å². The highest BCUT2D eigenvalue weighted by Gasteiger charge is 2.29. The van der Waals surface area contributed by atoms with E-state index < -0.39 is 5.69 Å². The van der Waals surface area contributed by atoms with Crippen molar-refractivity contribution in [1.82, 2.24) is 24.5 Å². The van der Waals surface area contributed by atoms with Crippen LogP contribution in [0.2, 0.25) is 0 Å². The van der Waals surface area contributed by atoms with Crippen molar-refractivity contribution < 1.29 is 0 Å². The number of H-pyrrole nitrogens is 2. The van der Waals surface area contributed by atoms with E-state index in [0.29, 0.717) is 15.8 Å². The summed E-state index contributed by atoms with van der Waals surface area (Å²) in [7, 11) is 1.42. The summed E-state index contributed by atoms with van der Waals surface area (Å²) in [5.41, 5.74) is 6.83. The van der Waals surface area contributed by atoms with Gasteiger partial charge in [-0.1, -0.05) is 6.92 Å². The Labute approximate surface area is 166 Å². The van der Waals surface area contributed by atoms with Crippen LogP contribution >= 0.6 is 27.7 Å². The normalized spacial score (nSPS) is 14.7. The quantitative estimate of drug-likeness (QED) is 0.398. The van der Waals surface area contributed by atoms with Gasteiger partial charge >= 0.3 is 5.69 Å². The molecule has 0 unspecified atom stereocenters. The highest BCUT2D eigenvalue weighted by molar-refractivity contribution is 9.10. The van der Waals surface area contributed by atoms with Crippen LogP contribution in [-0.2, 0) is 13.5 Å². The Morgan fingerprint density at radius 2 is 2.07 bits per heavy atom. The van der Waals surface area contributed by atoms with Crippen LogP contribution in [0.15, 0.2) is 30.3 Å². The van der Waals surface area contributed by atoms with Crippen LogP contribution in [0.3, 0.4) is 0 Å². The zero-order chi connectivity index (χ0) is 19.3. The van der Waals surface area contributed by atoms with E-state index in [0.717, 1.165) is 57.2 Å². The van der Waals surface area contributed by atoms with E-state index in [1.165, 1.54) is 13.1 Å². The maximum atomic E-state index is 11.9. The minimum Gasteiger partial charge on any atom is -0.353 e. The highest BCUT2D eigenvalue weighted by atomic mass is 79.9. The van der Waals surface area contributed by atoms with Gasteiger partial charge in [0.05, 0.1) is 14.9 Å². The summed E-state index contributed by atoms with van der Waals surface area (Å²) < 4.78 is 1.96. The molecule has 4 heterocycles. The Morgan fingerprint density at radius 3 is 2.70 bits per heavy atom. The van der Waals surface area contributed by atoms with Gasteiger partial charge in [-0.3, -0.25) is 9.36 Å². The molecule has 11 heteroatoms. The van der Waals surface area contributed by atoms with Gasteiger partial charge in [-0.25, -0.2) is 14.8 Å². The number of hydrogen-bond donors (Lipinski definition) is 3. The molecule has 0 spiro atoms. The topological polar surface area (TPSA) is 126 Å². The SMILES string of the molecule is CCc1[nH]c2nc(Sc3cc(=O)n(C)c(=O)[nH]3)nc(N3CC(N)C3)c2c1Br. The van der Waals surface area contributed by atoms with E-state index >= 15 is 0 Å². The summed E-state index contributed by atoms with van der Waals surface area (Å²) in [6.45, 7) is 3.50. The van der Waals surface area contributed by atoms with Crippen LogP contribution in [0.25, 0.3) is 11.0 Å². The molecule has 0 radical (unpaired) electrons. The van der Waals surface area contributed by atoms with Crippen molar-refractivity contribution in [2.75, 3.05) is 18.0 Å². The summed E-state index contributed by atoms with van der Waals surface area (Å²) in [5.74, 6) is 0.790. The maximum Gasteiger partial charge on any atom is 0.328 e. The molecule has 0 aromatic carbocycles. The smallest absolute Gasteiger partial charge is 0.328 e. The molecular formula is C16H18BrN7O2S. The molecule has 4 rings (SSSR count). The Morgan fingerprint density at radius 1 is 1.33 bits per heavy atom. The van der Waals surface area contributed by atoms with Gasteiger partial charge in [0.15, 0.2) is 5.16 Å². The maximum absolute atomic E-state index is 11.9. The highest BCUT2D eigenvalue weighted by Crippen LogP contribution is 2.37. The number of nitrogens with zero attached hydrogens (tertiary/aromatic N) is 4. The number of nitrogens with one attached hydrogen (secondary N) is 2. The van der Waals surface area contributed by atoms with Gasteiger partial charge in [-0.05, 0) is 34.1 Å². The second-order valence-corrected chi connectivity index (χ2v) is 8.23. The molecule has 1 aliphatic rings. The van der Waals surface area contributed by atoms with E-state index in [4.69, 9.17) is 5.73 Å². The fourth-order valence-electron chi connectivity index (χ4n) is 2.96. The van der Waals surface area contributed by atoms with Crippen LogP contribution in [0.4, 0.5) is 5.82 Å². The number of nitrogens with two attached hydrogens (primary N) is 1. The van der Waals surface area contributed by atoms with Crippen LogP contribution in [-0.4, -0.2) is 43.6 Å². The molecule has 3 aromatic rings. The summed E-state index contributed by atoms with van der Waals surface area (Å²) in [5, 5.41) is 1.76. The van der Waals surface area contributed by atoms with E-state index in [9.17, 15) is 9.59 Å². The largest absolute Gasteiger partial charge is 0.353 e. The predicted molar refractivity (Wildman–Crippen MR) is 108 cm³/mol. The van der Waals surface area contributed by atoms with E-state index in [1.807, 2.05) is 0 Å². The zero-order valence-electron chi connectivity index (χ0n) is 14.7. The molecule has 0 aliphatic carbocycles. The summed E-state index contributed by atoms with van der Waals surface area (Å²) in [6.07, 6.45) is 0.820. The average Bonchev–Trinajstić information content (AvgIpc) is 2.92. The van der Waals surface area contributed by atoms with Gasteiger partial charge in [-0.15, -0.1) is 0 Å². The molecule has 0 amide bonds. The zero-order valence-corrected chi connectivity index (χ0v) is 17.1. The Balaban J connectivity index is 1.82. The van der Waals surface area contributed by atoms with Crippen molar-refractivity contribution in [2.45, 2.75) is 29.6 Å². The number of rotatable bonds is 4. The number of fused-ring (bicyclic) bond motifs is 1. The van der Waals surface area contributed by atoms with Crippen LogP contribution < -0.4 is 21.9 Å². The molecular weight excluding hydrogens is 434 g/mol. The molecule has 1 saturated heterocycles. The molecule has 27 heavy (non-hydrogen) atoms. The number of aromatic amines is 2. The Kier molecular flexibility index (Phi) is 4.60. The molecule has 0 bridgehead atoms. The minimum atomic E-state index is -0.476. The van der Waals surface area contributed by atoms with Crippen LogP contribution in [0, 0.1) is 0 Å².